The van der Waals surface area contributed by atoms with Gasteiger partial charge in [0.05, 0.1) is 13.2 Å². The largest absolute Gasteiger partial charge is 0.382 e. The van der Waals surface area contributed by atoms with Crippen molar-refractivity contribution in [1.82, 2.24) is 20.6 Å². The lowest BCUT2D eigenvalue weighted by molar-refractivity contribution is -0.138. The van der Waals surface area contributed by atoms with Gasteiger partial charge in [0.25, 0.3) is 11.8 Å². The molecule has 12 nitrogen and oxygen atoms in total. The van der Waals surface area contributed by atoms with Gasteiger partial charge in [0.1, 0.15) is 12.2 Å². The number of hydrogen-bond donors (Lipinski definition) is 4. The molecule has 0 aliphatic carbocycles. The molecule has 30 heavy (non-hydrogen) atoms. The smallest absolute Gasteiger partial charge is 0.273 e. The monoisotopic (exact) mass is 424 g/mol. The minimum Gasteiger partial charge on any atom is -0.382 e. The number of rotatable bonds is 6. The summed E-state index contributed by atoms with van der Waals surface area (Å²) < 4.78 is 22.1. The van der Waals surface area contributed by atoms with Crippen LogP contribution in [0.2, 0.25) is 0 Å². The van der Waals surface area contributed by atoms with Crippen LogP contribution in [0.25, 0.3) is 0 Å². The molecule has 0 bridgehead atoms. The third-order valence-electron chi connectivity index (χ3n) is 4.50. The molecule has 2 aliphatic rings. The number of nitrogen functional groups attached to an aromatic ring is 2. The molecule has 12 heteroatoms. The van der Waals surface area contributed by atoms with Gasteiger partial charge in [-0.1, -0.05) is 0 Å². The van der Waals surface area contributed by atoms with Crippen molar-refractivity contribution in [1.29, 1.82) is 0 Å². The van der Waals surface area contributed by atoms with Crippen molar-refractivity contribution < 1.29 is 28.5 Å². The van der Waals surface area contributed by atoms with E-state index in [1.165, 1.54) is 0 Å². The first-order chi connectivity index (χ1) is 14.0. The van der Waals surface area contributed by atoms with E-state index in [1.54, 1.807) is 27.7 Å². The summed E-state index contributed by atoms with van der Waals surface area (Å²) in [5.74, 6) is -2.97. The zero-order valence-electron chi connectivity index (χ0n) is 17.5. The van der Waals surface area contributed by atoms with Gasteiger partial charge >= 0.3 is 0 Å². The average Bonchev–Trinajstić information content (AvgIpc) is 3.19. The van der Waals surface area contributed by atoms with Gasteiger partial charge in [0.15, 0.2) is 34.6 Å². The number of nitrogens with zero attached hydrogens (tertiary/aromatic N) is 2. The third-order valence-corrected chi connectivity index (χ3v) is 4.50. The van der Waals surface area contributed by atoms with Crippen molar-refractivity contribution in [2.45, 2.75) is 51.5 Å². The van der Waals surface area contributed by atoms with Crippen LogP contribution in [-0.4, -0.2) is 71.9 Å². The Labute approximate surface area is 174 Å². The second-order valence-electron chi connectivity index (χ2n) is 8.01. The highest BCUT2D eigenvalue weighted by atomic mass is 16.7. The Morgan fingerprint density at radius 3 is 1.53 bits per heavy atom. The second-order valence-corrected chi connectivity index (χ2v) is 8.01. The normalized spacial score (nSPS) is 24.5. The molecule has 3 rings (SSSR count). The Morgan fingerprint density at radius 1 is 0.867 bits per heavy atom. The molecule has 2 amide bonds. The topological polar surface area (TPSA) is 173 Å². The maximum atomic E-state index is 12.4. The molecule has 2 saturated heterocycles. The molecule has 0 radical (unpaired) electrons. The highest BCUT2D eigenvalue weighted by Gasteiger charge is 2.34. The summed E-state index contributed by atoms with van der Waals surface area (Å²) in [4.78, 5) is 32.7. The predicted molar refractivity (Wildman–Crippen MR) is 105 cm³/mol. The summed E-state index contributed by atoms with van der Waals surface area (Å²) in [6.45, 7) is 8.25. The maximum absolute atomic E-state index is 12.4. The van der Waals surface area contributed by atoms with Crippen LogP contribution in [0.3, 0.4) is 0 Å². The van der Waals surface area contributed by atoms with Gasteiger partial charge in [0, 0.05) is 13.1 Å². The van der Waals surface area contributed by atoms with E-state index in [1.807, 2.05) is 0 Å². The maximum Gasteiger partial charge on any atom is 0.273 e. The van der Waals surface area contributed by atoms with Crippen molar-refractivity contribution in [2.75, 3.05) is 37.8 Å². The summed E-state index contributed by atoms with van der Waals surface area (Å²) in [5, 5.41) is 5.30. The molecule has 0 spiro atoms. The molecular weight excluding hydrogens is 396 g/mol. The lowest BCUT2D eigenvalue weighted by Crippen LogP contribution is -2.37. The molecule has 2 fully saturated rings. The Hall–Kier alpha value is -2.54. The van der Waals surface area contributed by atoms with Crippen LogP contribution in [0.1, 0.15) is 48.7 Å². The van der Waals surface area contributed by atoms with Gasteiger partial charge in [-0.3, -0.25) is 9.59 Å². The molecular formula is C18H28N6O6. The lowest BCUT2D eigenvalue weighted by Gasteiger charge is -2.17. The van der Waals surface area contributed by atoms with Crippen LogP contribution in [0, 0.1) is 0 Å². The number of nitrogens with one attached hydrogen (secondary N) is 2. The van der Waals surface area contributed by atoms with Gasteiger partial charge in [-0.2, -0.15) is 0 Å². The fraction of sp³-hybridized carbons (Fsp3) is 0.667. The van der Waals surface area contributed by atoms with E-state index < -0.39 is 23.4 Å². The highest BCUT2D eigenvalue weighted by Crippen LogP contribution is 2.23. The van der Waals surface area contributed by atoms with Crippen molar-refractivity contribution in [3.8, 4) is 0 Å². The van der Waals surface area contributed by atoms with E-state index in [4.69, 9.17) is 30.4 Å². The van der Waals surface area contributed by atoms with Crippen molar-refractivity contribution >= 4 is 23.5 Å². The zero-order chi connectivity index (χ0) is 22.1. The molecule has 0 saturated carbocycles. The molecule has 166 valence electrons. The number of carbonyl (C=O) groups is 2. The predicted octanol–water partition coefficient (Wildman–Crippen LogP) is -0.596. The Kier molecular flexibility index (Phi) is 6.13. The number of carbonyl (C=O) groups excluding carboxylic acids is 2. The molecule has 3 heterocycles. The number of nitrogens with two attached hydrogens (primary N) is 2. The fourth-order valence-electron chi connectivity index (χ4n) is 3.10. The van der Waals surface area contributed by atoms with Crippen LogP contribution in [0.4, 0.5) is 11.6 Å². The quantitative estimate of drug-likeness (QED) is 0.462. The number of hydrogen-bond acceptors (Lipinski definition) is 10. The first-order valence-electron chi connectivity index (χ1n) is 9.59. The second kappa shape index (κ2) is 8.30. The van der Waals surface area contributed by atoms with Gasteiger partial charge in [0.2, 0.25) is 0 Å². The Bertz CT molecular complexity index is 762. The molecule has 1 aromatic rings. The van der Waals surface area contributed by atoms with Crippen LogP contribution in [0.5, 0.6) is 0 Å². The molecule has 2 unspecified atom stereocenters. The van der Waals surface area contributed by atoms with Crippen LogP contribution >= 0.6 is 0 Å². The average molecular weight is 424 g/mol. The van der Waals surface area contributed by atoms with Gasteiger partial charge in [-0.05, 0) is 27.7 Å². The summed E-state index contributed by atoms with van der Waals surface area (Å²) in [7, 11) is 0. The van der Waals surface area contributed by atoms with Crippen LogP contribution < -0.4 is 22.1 Å². The molecule has 6 N–H and O–H groups in total. The minimum absolute atomic E-state index is 0.170. The first-order valence-corrected chi connectivity index (χ1v) is 9.59. The van der Waals surface area contributed by atoms with E-state index in [-0.39, 0.29) is 48.3 Å². The minimum atomic E-state index is -0.695. The fourth-order valence-corrected chi connectivity index (χ4v) is 3.10. The van der Waals surface area contributed by atoms with E-state index in [9.17, 15) is 9.59 Å². The van der Waals surface area contributed by atoms with E-state index in [0.29, 0.717) is 13.2 Å². The summed E-state index contributed by atoms with van der Waals surface area (Å²) in [6.07, 6.45) is -0.598. The van der Waals surface area contributed by atoms with E-state index in [2.05, 4.69) is 20.6 Å². The molecule has 2 atom stereocenters. The third kappa shape index (κ3) is 5.33. The lowest BCUT2D eigenvalue weighted by atomic mass is 10.3. The Morgan fingerprint density at radius 2 is 1.23 bits per heavy atom. The Balaban J connectivity index is 1.57. The number of ether oxygens (including phenoxy) is 4. The van der Waals surface area contributed by atoms with Gasteiger partial charge in [-0.25, -0.2) is 9.97 Å². The van der Waals surface area contributed by atoms with Crippen molar-refractivity contribution in [3.63, 3.8) is 0 Å². The number of amides is 2. The van der Waals surface area contributed by atoms with Gasteiger partial charge < -0.3 is 41.0 Å². The molecule has 2 aliphatic heterocycles. The van der Waals surface area contributed by atoms with Crippen LogP contribution in [0.15, 0.2) is 0 Å². The SMILES string of the molecule is CC1(C)OCC(CNC(=O)c2nc(N)c(C(=O)NCC3COC(C)(C)O3)nc2N)O1. The highest BCUT2D eigenvalue weighted by molar-refractivity contribution is 6.00. The van der Waals surface area contributed by atoms with E-state index >= 15 is 0 Å². The van der Waals surface area contributed by atoms with Gasteiger partial charge in [-0.15, -0.1) is 0 Å². The van der Waals surface area contributed by atoms with Crippen LogP contribution in [-0.2, 0) is 18.9 Å². The summed E-state index contributed by atoms with van der Waals surface area (Å²) >= 11 is 0. The van der Waals surface area contributed by atoms with Crippen molar-refractivity contribution in [2.24, 2.45) is 0 Å². The number of anilines is 2. The standard InChI is InChI=1S/C18H28N6O6/c1-17(2)27-7-9(29-17)5-21-15(25)11-13(19)24-12(14(20)23-11)16(26)22-6-10-8-28-18(3,4)30-10/h9-10H,5-8H2,1-4H3,(H2,20,23)(H2,19,24)(H,21,25)(H,22,26). The van der Waals surface area contributed by atoms with E-state index in [0.717, 1.165) is 0 Å². The number of aromatic nitrogens is 2. The first kappa shape index (κ1) is 22.2. The molecule has 1 aromatic heterocycles. The summed E-state index contributed by atoms with van der Waals surface area (Å²) in [6, 6.07) is 0. The van der Waals surface area contributed by atoms with Crippen molar-refractivity contribution in [3.05, 3.63) is 11.4 Å². The molecule has 0 aromatic carbocycles. The zero-order valence-corrected chi connectivity index (χ0v) is 17.5. The summed E-state index contributed by atoms with van der Waals surface area (Å²) in [5.41, 5.74) is 11.3.